The minimum atomic E-state index is -0.00667. The van der Waals surface area contributed by atoms with Crippen molar-refractivity contribution in [1.82, 2.24) is 4.57 Å². The number of fused-ring (bicyclic) bond motifs is 1. The number of nitrogens with zero attached hydrogens (tertiary/aromatic N) is 1. The van der Waals surface area contributed by atoms with Crippen molar-refractivity contribution in [3.05, 3.63) is 28.2 Å². The van der Waals surface area contributed by atoms with Crippen molar-refractivity contribution in [2.75, 3.05) is 0 Å². The van der Waals surface area contributed by atoms with E-state index in [1.807, 2.05) is 6.92 Å². The molecule has 12 heavy (non-hydrogen) atoms. The van der Waals surface area contributed by atoms with E-state index >= 15 is 0 Å². The first kappa shape index (κ1) is 7.40. The smallest absolute Gasteiger partial charge is 0.251 e. The molecule has 0 amide bonds. The number of hydrogen-bond acceptors (Lipinski definition) is 2. The predicted molar refractivity (Wildman–Crippen MR) is 45.4 cm³/mol. The lowest BCUT2D eigenvalue weighted by Gasteiger charge is -2.08. The summed E-state index contributed by atoms with van der Waals surface area (Å²) < 4.78 is 1.68. The molecule has 0 saturated heterocycles. The molecule has 1 N–H and O–H groups in total. The summed E-state index contributed by atoms with van der Waals surface area (Å²) in [7, 11) is 0. The molecule has 1 aliphatic heterocycles. The van der Waals surface area contributed by atoms with Gasteiger partial charge in [0.1, 0.15) is 5.75 Å². The van der Waals surface area contributed by atoms with Gasteiger partial charge in [0.2, 0.25) is 0 Å². The Hall–Kier alpha value is -1.25. The largest absolute Gasteiger partial charge is 0.506 e. The zero-order chi connectivity index (χ0) is 8.72. The van der Waals surface area contributed by atoms with Crippen LogP contribution in [0.2, 0.25) is 0 Å². The van der Waals surface area contributed by atoms with Crippen LogP contribution in [0.1, 0.15) is 25.1 Å². The van der Waals surface area contributed by atoms with Crippen LogP contribution in [0.25, 0.3) is 0 Å². The Balaban J connectivity index is 2.73. The Morgan fingerprint density at radius 3 is 3.00 bits per heavy atom. The van der Waals surface area contributed by atoms with Gasteiger partial charge < -0.3 is 9.67 Å². The lowest BCUT2D eigenvalue weighted by atomic mass is 10.2. The van der Waals surface area contributed by atoms with Crippen molar-refractivity contribution in [1.29, 1.82) is 0 Å². The summed E-state index contributed by atoms with van der Waals surface area (Å²) >= 11 is 0. The SMILES string of the molecule is C[C@@H]1CCc2c(O)ccc(=O)n21. The molecule has 0 fully saturated rings. The maximum atomic E-state index is 11.3. The highest BCUT2D eigenvalue weighted by Crippen LogP contribution is 2.28. The van der Waals surface area contributed by atoms with Crippen molar-refractivity contribution in [3.63, 3.8) is 0 Å². The summed E-state index contributed by atoms with van der Waals surface area (Å²) in [6, 6.07) is 3.13. The van der Waals surface area contributed by atoms with Gasteiger partial charge in [0.25, 0.3) is 5.56 Å². The van der Waals surface area contributed by atoms with E-state index < -0.39 is 0 Å². The number of aromatic nitrogens is 1. The number of aromatic hydroxyl groups is 1. The van der Waals surface area contributed by atoms with Gasteiger partial charge in [-0.1, -0.05) is 0 Å². The Labute approximate surface area is 70.3 Å². The van der Waals surface area contributed by atoms with Crippen molar-refractivity contribution in [2.24, 2.45) is 0 Å². The van der Waals surface area contributed by atoms with E-state index in [4.69, 9.17) is 0 Å². The molecule has 0 bridgehead atoms. The molecule has 2 rings (SSSR count). The normalized spacial score (nSPS) is 20.9. The molecule has 1 aromatic heterocycles. The van der Waals surface area contributed by atoms with Gasteiger partial charge >= 0.3 is 0 Å². The van der Waals surface area contributed by atoms with Crippen LogP contribution in [0.5, 0.6) is 5.75 Å². The Morgan fingerprint density at radius 2 is 2.33 bits per heavy atom. The Bertz CT molecular complexity index is 367. The van der Waals surface area contributed by atoms with E-state index in [1.165, 1.54) is 12.1 Å². The maximum absolute atomic E-state index is 11.3. The highest BCUT2D eigenvalue weighted by Gasteiger charge is 2.21. The summed E-state index contributed by atoms with van der Waals surface area (Å²) in [5.74, 6) is 0.249. The monoisotopic (exact) mass is 165 g/mol. The topological polar surface area (TPSA) is 42.2 Å². The molecule has 1 aromatic rings. The number of pyridine rings is 1. The minimum absolute atomic E-state index is 0.00667. The van der Waals surface area contributed by atoms with Gasteiger partial charge in [-0.15, -0.1) is 0 Å². The van der Waals surface area contributed by atoms with E-state index in [0.29, 0.717) is 0 Å². The fourth-order valence-corrected chi connectivity index (χ4v) is 1.79. The van der Waals surface area contributed by atoms with E-state index in [1.54, 1.807) is 4.57 Å². The van der Waals surface area contributed by atoms with E-state index in [0.717, 1.165) is 18.5 Å². The molecule has 0 aromatic carbocycles. The summed E-state index contributed by atoms with van der Waals surface area (Å²) in [5, 5.41) is 9.41. The van der Waals surface area contributed by atoms with Crippen LogP contribution in [0, 0.1) is 0 Å². The molecule has 3 heteroatoms. The third kappa shape index (κ3) is 0.858. The third-order valence-electron chi connectivity index (χ3n) is 2.45. The molecule has 0 unspecified atom stereocenters. The van der Waals surface area contributed by atoms with Crippen LogP contribution in [-0.2, 0) is 6.42 Å². The standard InChI is InChI=1S/C9H11NO2/c1-6-2-3-7-8(11)4-5-9(12)10(6)7/h4-6,11H,2-3H2,1H3/t6-/m1/s1. The molecule has 2 heterocycles. The first-order valence-corrected chi connectivity index (χ1v) is 4.13. The first-order chi connectivity index (χ1) is 5.70. The molecule has 1 atom stereocenters. The molecule has 3 nitrogen and oxygen atoms in total. The Kier molecular flexibility index (Phi) is 1.46. The number of rotatable bonds is 0. The van der Waals surface area contributed by atoms with Gasteiger partial charge in [0.05, 0.1) is 5.69 Å². The van der Waals surface area contributed by atoms with Gasteiger partial charge in [-0.05, 0) is 25.8 Å². The molecule has 0 aliphatic carbocycles. The van der Waals surface area contributed by atoms with Crippen molar-refractivity contribution >= 4 is 0 Å². The molecule has 0 saturated carbocycles. The van der Waals surface area contributed by atoms with Crippen molar-refractivity contribution < 1.29 is 5.11 Å². The molecule has 0 spiro atoms. The van der Waals surface area contributed by atoms with Crippen LogP contribution in [0.3, 0.4) is 0 Å². The second kappa shape index (κ2) is 2.37. The maximum Gasteiger partial charge on any atom is 0.251 e. The van der Waals surface area contributed by atoms with E-state index in [-0.39, 0.29) is 17.4 Å². The molecule has 64 valence electrons. The average molecular weight is 165 g/mol. The van der Waals surface area contributed by atoms with Gasteiger partial charge in [0, 0.05) is 12.1 Å². The van der Waals surface area contributed by atoms with E-state index in [2.05, 4.69) is 0 Å². The number of hydrogen-bond donors (Lipinski definition) is 1. The molecule has 0 radical (unpaired) electrons. The summed E-state index contributed by atoms with van der Waals surface area (Å²) in [4.78, 5) is 11.3. The van der Waals surface area contributed by atoms with Gasteiger partial charge in [0.15, 0.2) is 0 Å². The van der Waals surface area contributed by atoms with Crippen molar-refractivity contribution in [2.45, 2.75) is 25.8 Å². The lowest BCUT2D eigenvalue weighted by molar-refractivity contribution is 0.458. The van der Waals surface area contributed by atoms with Crippen LogP contribution < -0.4 is 5.56 Å². The zero-order valence-electron chi connectivity index (χ0n) is 6.95. The highest BCUT2D eigenvalue weighted by atomic mass is 16.3. The van der Waals surface area contributed by atoms with Crippen LogP contribution in [-0.4, -0.2) is 9.67 Å². The molecular formula is C9H11NO2. The van der Waals surface area contributed by atoms with Crippen LogP contribution >= 0.6 is 0 Å². The predicted octanol–water partition coefficient (Wildman–Crippen LogP) is 1.06. The van der Waals surface area contributed by atoms with Gasteiger partial charge in [-0.25, -0.2) is 0 Å². The zero-order valence-corrected chi connectivity index (χ0v) is 6.95. The lowest BCUT2D eigenvalue weighted by Crippen LogP contribution is -2.20. The summed E-state index contributed by atoms with van der Waals surface area (Å²) in [6.07, 6.45) is 1.76. The summed E-state index contributed by atoms with van der Waals surface area (Å²) in [6.45, 7) is 2.00. The van der Waals surface area contributed by atoms with Crippen LogP contribution in [0.4, 0.5) is 0 Å². The second-order valence-corrected chi connectivity index (χ2v) is 3.26. The summed E-state index contributed by atoms with van der Waals surface area (Å²) in [5.41, 5.74) is 0.780. The van der Waals surface area contributed by atoms with Crippen molar-refractivity contribution in [3.8, 4) is 5.75 Å². The van der Waals surface area contributed by atoms with E-state index in [9.17, 15) is 9.90 Å². The fourth-order valence-electron chi connectivity index (χ4n) is 1.79. The van der Waals surface area contributed by atoms with Crippen LogP contribution in [0.15, 0.2) is 16.9 Å². The molecular weight excluding hydrogens is 154 g/mol. The fraction of sp³-hybridized carbons (Fsp3) is 0.444. The Morgan fingerprint density at radius 1 is 1.58 bits per heavy atom. The average Bonchev–Trinajstić information content (AvgIpc) is 2.42. The third-order valence-corrected chi connectivity index (χ3v) is 2.45. The minimum Gasteiger partial charge on any atom is -0.506 e. The van der Waals surface area contributed by atoms with Gasteiger partial charge in [-0.3, -0.25) is 4.79 Å². The first-order valence-electron chi connectivity index (χ1n) is 4.13. The second-order valence-electron chi connectivity index (χ2n) is 3.26. The molecule has 1 aliphatic rings. The van der Waals surface area contributed by atoms with Gasteiger partial charge in [-0.2, -0.15) is 0 Å². The highest BCUT2D eigenvalue weighted by molar-refractivity contribution is 5.29. The quantitative estimate of drug-likeness (QED) is 0.624.